The predicted octanol–water partition coefficient (Wildman–Crippen LogP) is 30.8. The first-order chi connectivity index (χ1) is 51.2. The molecule has 1 aliphatic heterocycles. The molecule has 0 unspecified atom stereocenters. The van der Waals surface area contributed by atoms with Gasteiger partial charge in [0.15, 0.2) is 0 Å². The topological polar surface area (TPSA) is 18.5 Å². The van der Waals surface area contributed by atoms with Gasteiger partial charge in [0.25, 0.3) is 0 Å². The van der Waals surface area contributed by atoms with E-state index in [4.69, 9.17) is 9.31 Å². The van der Waals surface area contributed by atoms with E-state index in [1.54, 1.807) is 22.3 Å². The molecule has 548 valence electrons. The molecule has 0 radical (unpaired) electrons. The first-order valence-electron chi connectivity index (χ1n) is 40.9. The molecule has 0 bridgehead atoms. The minimum Gasteiger partial charge on any atom is -0.399 e. The van der Waals surface area contributed by atoms with Gasteiger partial charge in [-0.2, -0.15) is 0 Å². The molecule has 0 N–H and O–H groups in total. The highest BCUT2D eigenvalue weighted by atomic mass is 79.9. The van der Waals surface area contributed by atoms with Gasteiger partial charge >= 0.3 is 7.12 Å². The third-order valence-electron chi connectivity index (χ3n) is 23.7. The molecular weight excluding hydrogens is 1400 g/mol. The Bertz CT molecular complexity index is 4040. The van der Waals surface area contributed by atoms with E-state index >= 15 is 0 Å². The Morgan fingerprint density at radius 3 is 0.771 bits per heavy atom. The number of unbranched alkanes of at least 4 members (excludes halogenated alkanes) is 20. The molecule has 10 aromatic carbocycles. The standard InChI is InChI=1S/C53H58.C29H40Br2.C18H21BO2/c1-3-5-7-9-11-19-37-53(38-20-12-10-8-6-4-2)51-39-47(45-29-25-43(26-30-45)41-21-15-13-16-22-41)33-35-49(51)50-36-34-48(40-52(50)53)46-31-27-44(28-32-46)42-23-17-14-18-24-42;1-3-5-7-9-11-13-19-29(20-14-12-10-8-6-4-2)27-21-23(30)15-17-25(27)26-18-16-24(31)22-28(26)29;1-17(2)18(3,4)21-19(20-17)16-12-10-15(11-13-16)14-8-6-5-7-9-14/h13-18,21-36,39-40H,3-12,19-20,37-38H2,1-2H3;15-18,21-22H,3-14,19-20H2,1-2H3;5-13H,1-4H3. The minimum absolute atomic E-state index is 0.0279. The predicted molar refractivity (Wildman–Crippen MR) is 462 cm³/mol. The van der Waals surface area contributed by atoms with Crippen molar-refractivity contribution in [2.75, 3.05) is 0 Å². The number of hydrogen-bond acceptors (Lipinski definition) is 2. The van der Waals surface area contributed by atoms with Crippen LogP contribution in [-0.4, -0.2) is 18.3 Å². The molecule has 5 heteroatoms. The Morgan fingerprint density at radius 2 is 0.476 bits per heavy atom. The van der Waals surface area contributed by atoms with Crippen molar-refractivity contribution in [3.8, 4) is 77.9 Å². The fourth-order valence-electron chi connectivity index (χ4n) is 16.9. The zero-order chi connectivity index (χ0) is 73.5. The van der Waals surface area contributed by atoms with Crippen molar-refractivity contribution >= 4 is 44.4 Å². The Labute approximate surface area is 651 Å². The highest BCUT2D eigenvalue weighted by molar-refractivity contribution is 9.10. The van der Waals surface area contributed by atoms with Gasteiger partial charge in [-0.15, -0.1) is 0 Å². The molecule has 2 nitrogen and oxygen atoms in total. The van der Waals surface area contributed by atoms with Crippen molar-refractivity contribution < 1.29 is 9.31 Å². The largest absolute Gasteiger partial charge is 0.494 e. The van der Waals surface area contributed by atoms with Crippen LogP contribution in [0, 0.1) is 0 Å². The molecule has 1 heterocycles. The van der Waals surface area contributed by atoms with Crippen LogP contribution in [0.5, 0.6) is 0 Å². The number of fused-ring (bicyclic) bond motifs is 6. The molecule has 1 saturated heterocycles. The lowest BCUT2D eigenvalue weighted by molar-refractivity contribution is 0.00578. The smallest absolute Gasteiger partial charge is 0.399 e. The summed E-state index contributed by atoms with van der Waals surface area (Å²) in [7, 11) is -0.292. The molecule has 0 saturated carbocycles. The Kier molecular flexibility index (Phi) is 29.3. The van der Waals surface area contributed by atoms with Gasteiger partial charge in [-0.3, -0.25) is 0 Å². The minimum atomic E-state index is -0.296. The maximum Gasteiger partial charge on any atom is 0.494 e. The van der Waals surface area contributed by atoms with Gasteiger partial charge < -0.3 is 9.31 Å². The Balaban J connectivity index is 0.000000178. The van der Waals surface area contributed by atoms with E-state index < -0.39 is 0 Å². The molecule has 3 aliphatic rings. The quantitative estimate of drug-likeness (QED) is 0.0296. The van der Waals surface area contributed by atoms with E-state index in [-0.39, 0.29) is 29.2 Å². The van der Waals surface area contributed by atoms with Crippen LogP contribution in [0.3, 0.4) is 0 Å². The second kappa shape index (κ2) is 38.8. The molecule has 2 aliphatic carbocycles. The number of hydrogen-bond donors (Lipinski definition) is 0. The first-order valence-corrected chi connectivity index (χ1v) is 42.5. The van der Waals surface area contributed by atoms with Crippen molar-refractivity contribution in [2.45, 2.75) is 257 Å². The van der Waals surface area contributed by atoms with E-state index in [9.17, 15) is 0 Å². The van der Waals surface area contributed by atoms with E-state index in [0.29, 0.717) is 0 Å². The van der Waals surface area contributed by atoms with Crippen LogP contribution >= 0.6 is 31.9 Å². The van der Waals surface area contributed by atoms with Crippen LogP contribution in [-0.2, 0) is 20.1 Å². The van der Waals surface area contributed by atoms with Gasteiger partial charge in [-0.05, 0) is 195 Å². The molecule has 0 atom stereocenters. The summed E-state index contributed by atoms with van der Waals surface area (Å²) in [4.78, 5) is 0. The first kappa shape index (κ1) is 79.2. The van der Waals surface area contributed by atoms with Crippen LogP contribution in [0.4, 0.5) is 0 Å². The van der Waals surface area contributed by atoms with Crippen molar-refractivity contribution in [2.24, 2.45) is 0 Å². The van der Waals surface area contributed by atoms with Crippen molar-refractivity contribution in [3.63, 3.8) is 0 Å². The van der Waals surface area contributed by atoms with E-state index in [0.717, 1.165) is 5.46 Å². The number of benzene rings is 10. The van der Waals surface area contributed by atoms with Crippen molar-refractivity contribution in [1.82, 2.24) is 0 Å². The highest BCUT2D eigenvalue weighted by Crippen LogP contribution is 2.58. The van der Waals surface area contributed by atoms with Crippen LogP contribution in [0.15, 0.2) is 246 Å². The van der Waals surface area contributed by atoms with Crippen LogP contribution < -0.4 is 5.46 Å². The molecule has 0 amide bonds. The third-order valence-corrected chi connectivity index (χ3v) is 24.7. The maximum absolute atomic E-state index is 6.07. The van der Waals surface area contributed by atoms with Gasteiger partial charge in [-0.1, -0.05) is 414 Å². The Morgan fingerprint density at radius 1 is 0.248 bits per heavy atom. The third kappa shape index (κ3) is 19.9. The fourth-order valence-corrected chi connectivity index (χ4v) is 17.6. The van der Waals surface area contributed by atoms with E-state index in [1.807, 2.05) is 6.07 Å². The van der Waals surface area contributed by atoms with Crippen molar-refractivity contribution in [3.05, 3.63) is 268 Å². The SMILES string of the molecule is CC1(C)OB(c2ccc(-c3ccccc3)cc2)OC1(C)C.CCCCCCCCC1(CCCCCCCC)c2cc(-c3ccc(-c4ccccc4)cc3)ccc2-c2ccc(-c3ccc(-c4ccccc4)cc3)cc21.CCCCCCCCC1(CCCCCCCC)c2cc(Br)ccc2-c2ccc(Br)cc21. The van der Waals surface area contributed by atoms with Crippen LogP contribution in [0.1, 0.15) is 257 Å². The van der Waals surface area contributed by atoms with Crippen LogP contribution in [0.25, 0.3) is 77.9 Å². The highest BCUT2D eigenvalue weighted by Gasteiger charge is 2.52. The lowest BCUT2D eigenvalue weighted by Crippen LogP contribution is -2.41. The average Bonchev–Trinajstić information content (AvgIpc) is 1.56. The second-order valence-corrected chi connectivity index (χ2v) is 33.4. The average molecular weight is 1520 g/mol. The fraction of sp³-hybridized carbons (Fsp3) is 0.400. The number of rotatable bonds is 34. The summed E-state index contributed by atoms with van der Waals surface area (Å²) >= 11 is 7.57. The second-order valence-electron chi connectivity index (χ2n) is 31.6. The summed E-state index contributed by atoms with van der Waals surface area (Å²) in [6.07, 6.45) is 37.3. The van der Waals surface area contributed by atoms with E-state index in [2.05, 4.69) is 318 Å². The summed E-state index contributed by atoms with van der Waals surface area (Å²) in [5, 5.41) is 0. The lowest BCUT2D eigenvalue weighted by atomic mass is 9.70. The Hall–Kier alpha value is -6.86. The summed E-state index contributed by atoms with van der Waals surface area (Å²) in [6.45, 7) is 17.5. The van der Waals surface area contributed by atoms with E-state index in [1.165, 1.54) is 267 Å². The van der Waals surface area contributed by atoms with Crippen molar-refractivity contribution in [1.29, 1.82) is 0 Å². The van der Waals surface area contributed by atoms with Gasteiger partial charge in [-0.25, -0.2) is 0 Å². The molecule has 105 heavy (non-hydrogen) atoms. The van der Waals surface area contributed by atoms with Gasteiger partial charge in [0.05, 0.1) is 11.2 Å². The summed E-state index contributed by atoms with van der Waals surface area (Å²) in [6, 6.07) is 87.6. The summed E-state index contributed by atoms with van der Waals surface area (Å²) in [5.41, 5.74) is 25.5. The lowest BCUT2D eigenvalue weighted by Gasteiger charge is -2.33. The van der Waals surface area contributed by atoms with Gasteiger partial charge in [0, 0.05) is 19.8 Å². The molecule has 10 aromatic rings. The van der Waals surface area contributed by atoms with Gasteiger partial charge in [0.2, 0.25) is 0 Å². The molecule has 1 fully saturated rings. The molecule has 0 aromatic heterocycles. The van der Waals surface area contributed by atoms with Crippen LogP contribution in [0.2, 0.25) is 0 Å². The normalized spacial score (nSPS) is 14.5. The van der Waals surface area contributed by atoms with Gasteiger partial charge in [0.1, 0.15) is 0 Å². The summed E-state index contributed by atoms with van der Waals surface area (Å²) < 4.78 is 14.6. The molecule has 0 spiro atoms. The maximum atomic E-state index is 6.07. The number of halogens is 2. The zero-order valence-electron chi connectivity index (χ0n) is 65.0. The molecular formula is C100H119BBr2O2. The zero-order valence-corrected chi connectivity index (χ0v) is 68.1. The summed E-state index contributed by atoms with van der Waals surface area (Å²) in [5.74, 6) is 0. The monoisotopic (exact) mass is 1520 g/mol. The molecule has 13 rings (SSSR count).